The fourth-order valence-corrected chi connectivity index (χ4v) is 3.69. The van der Waals surface area contributed by atoms with Gasteiger partial charge in [0.15, 0.2) is 23.6 Å². The van der Waals surface area contributed by atoms with E-state index in [0.717, 1.165) is 0 Å². The summed E-state index contributed by atoms with van der Waals surface area (Å²) in [6, 6.07) is 2.46. The van der Waals surface area contributed by atoms with Crippen molar-refractivity contribution in [3.05, 3.63) is 23.1 Å². The Morgan fingerprint density at radius 2 is 1.75 bits per heavy atom. The zero-order valence-corrected chi connectivity index (χ0v) is 15.9. The minimum Gasteiger partial charge on any atom is -0.731 e. The van der Waals surface area contributed by atoms with Gasteiger partial charge in [0.1, 0.15) is 24.4 Å². The first-order valence-electron chi connectivity index (χ1n) is 8.96. The Bertz CT molecular complexity index is 747. The minimum atomic E-state index is -0.833. The van der Waals surface area contributed by atoms with Gasteiger partial charge in [-0.25, -0.2) is 0 Å². The second-order valence-corrected chi connectivity index (χ2v) is 7.83. The molecule has 2 N–H and O–H groups in total. The fraction of sp³-hybridized carbons (Fsp3) is 0.706. The molecule has 3 aliphatic heterocycles. The molecule has 1 amide bonds. The molecule has 156 valence electrons. The molecular formula is C17H23N2O9-. The van der Waals surface area contributed by atoms with Crippen molar-refractivity contribution < 1.29 is 38.1 Å². The Labute approximate surface area is 160 Å². The molecule has 11 heteroatoms. The molecule has 0 bridgehead atoms. The molecule has 4 heterocycles. The molecule has 0 aromatic carbocycles. The zero-order valence-electron chi connectivity index (χ0n) is 15.9. The summed E-state index contributed by atoms with van der Waals surface area (Å²) in [5.41, 5.74) is 0. The van der Waals surface area contributed by atoms with Gasteiger partial charge in [-0.15, -0.1) is 0 Å². The van der Waals surface area contributed by atoms with Gasteiger partial charge in [-0.05, 0) is 33.8 Å². The van der Waals surface area contributed by atoms with E-state index in [2.05, 4.69) is 5.32 Å². The summed E-state index contributed by atoms with van der Waals surface area (Å²) in [7, 11) is 0. The van der Waals surface area contributed by atoms with Crippen LogP contribution in [0.3, 0.4) is 0 Å². The first-order valence-corrected chi connectivity index (χ1v) is 8.96. The Morgan fingerprint density at radius 1 is 1.11 bits per heavy atom. The van der Waals surface area contributed by atoms with Crippen molar-refractivity contribution in [2.75, 3.05) is 11.8 Å². The monoisotopic (exact) mass is 399 g/mol. The van der Waals surface area contributed by atoms with Gasteiger partial charge in [-0.3, -0.25) is 15.2 Å². The minimum absolute atomic E-state index is 0.0860. The van der Waals surface area contributed by atoms with Crippen LogP contribution in [-0.2, 0) is 23.7 Å². The van der Waals surface area contributed by atoms with Crippen LogP contribution < -0.4 is 10.5 Å². The first kappa shape index (κ1) is 19.6. The molecule has 3 fully saturated rings. The highest BCUT2D eigenvalue weighted by Crippen LogP contribution is 2.43. The smallest absolute Gasteiger partial charge is 0.287 e. The third kappa shape index (κ3) is 3.62. The summed E-state index contributed by atoms with van der Waals surface area (Å²) in [6.45, 7) is 7.26. The molecule has 1 aromatic rings. The maximum atomic E-state index is 12.3. The zero-order chi connectivity index (χ0) is 20.3. The SMILES string of the molecule is CC1(C)O[C@H]2O[C@H](CNC(=O)c3ccc(N([O-])O)o3)[C@H]3OC(C)(C)O[C@H]3[C@H]2O1. The number of anilines is 1. The molecule has 0 aliphatic carbocycles. The second-order valence-electron chi connectivity index (χ2n) is 7.83. The number of hydrogen-bond donors (Lipinski definition) is 2. The van der Waals surface area contributed by atoms with Crippen LogP contribution in [-0.4, -0.2) is 59.9 Å². The van der Waals surface area contributed by atoms with Crippen LogP contribution in [0, 0.1) is 5.21 Å². The van der Waals surface area contributed by atoms with Gasteiger partial charge < -0.3 is 38.6 Å². The molecular weight excluding hydrogens is 376 g/mol. The first-order chi connectivity index (χ1) is 13.0. The van der Waals surface area contributed by atoms with Crippen LogP contribution in [0.15, 0.2) is 16.5 Å². The molecule has 28 heavy (non-hydrogen) atoms. The lowest BCUT2D eigenvalue weighted by atomic mass is 9.99. The van der Waals surface area contributed by atoms with E-state index in [0.29, 0.717) is 0 Å². The summed E-state index contributed by atoms with van der Waals surface area (Å²) in [5.74, 6) is -2.75. The number of rotatable bonds is 4. The quantitative estimate of drug-likeness (QED) is 0.709. The van der Waals surface area contributed by atoms with Crippen molar-refractivity contribution in [3.63, 3.8) is 0 Å². The number of carbonyl (C=O) groups excluding carboxylic acids is 1. The predicted octanol–water partition coefficient (Wildman–Crippen LogP) is 1.10. The van der Waals surface area contributed by atoms with Crippen molar-refractivity contribution in [3.8, 4) is 0 Å². The number of furan rings is 1. The number of amides is 1. The molecule has 3 saturated heterocycles. The van der Waals surface area contributed by atoms with Gasteiger partial charge in [0, 0.05) is 12.6 Å². The van der Waals surface area contributed by atoms with E-state index in [9.17, 15) is 10.0 Å². The molecule has 4 rings (SSSR count). The summed E-state index contributed by atoms with van der Waals surface area (Å²) in [4.78, 5) is 12.3. The van der Waals surface area contributed by atoms with Crippen molar-refractivity contribution >= 4 is 11.8 Å². The predicted molar refractivity (Wildman–Crippen MR) is 91.2 cm³/mol. The van der Waals surface area contributed by atoms with Gasteiger partial charge >= 0.3 is 0 Å². The fourth-order valence-electron chi connectivity index (χ4n) is 3.69. The number of ether oxygens (including phenoxy) is 5. The largest absolute Gasteiger partial charge is 0.731 e. The van der Waals surface area contributed by atoms with Crippen LogP contribution >= 0.6 is 0 Å². The number of nitrogens with one attached hydrogen (secondary N) is 1. The third-order valence-electron chi connectivity index (χ3n) is 4.72. The molecule has 0 radical (unpaired) electrons. The number of hydrogen-bond acceptors (Lipinski definition) is 10. The van der Waals surface area contributed by atoms with E-state index >= 15 is 0 Å². The van der Waals surface area contributed by atoms with E-state index < -0.39 is 59.3 Å². The Kier molecular flexibility index (Phi) is 4.66. The number of fused-ring (bicyclic) bond motifs is 3. The van der Waals surface area contributed by atoms with E-state index in [4.69, 9.17) is 33.3 Å². The summed E-state index contributed by atoms with van der Waals surface area (Å²) in [5, 5.41) is 21.8. The van der Waals surface area contributed by atoms with Crippen molar-refractivity contribution in [1.29, 1.82) is 0 Å². The average Bonchev–Trinajstić information content (AvgIpc) is 3.25. The Hall–Kier alpha value is -1.73. The maximum Gasteiger partial charge on any atom is 0.287 e. The maximum absolute atomic E-state index is 12.3. The summed E-state index contributed by atoms with van der Waals surface area (Å²) < 4.78 is 34.7. The normalized spacial score (nSPS) is 35.3. The van der Waals surface area contributed by atoms with E-state index in [1.807, 2.05) is 0 Å². The van der Waals surface area contributed by atoms with Gasteiger partial charge in [-0.1, -0.05) is 0 Å². The average molecular weight is 399 g/mol. The van der Waals surface area contributed by atoms with Crippen LogP contribution in [0.4, 0.5) is 5.88 Å². The highest BCUT2D eigenvalue weighted by molar-refractivity contribution is 5.91. The van der Waals surface area contributed by atoms with E-state index in [1.165, 1.54) is 12.1 Å². The van der Waals surface area contributed by atoms with Gasteiger partial charge in [-0.2, -0.15) is 0 Å². The Balaban J connectivity index is 1.45. The second kappa shape index (κ2) is 6.66. The summed E-state index contributed by atoms with van der Waals surface area (Å²) in [6.07, 6.45) is -2.56. The van der Waals surface area contributed by atoms with Crippen LogP contribution in [0.5, 0.6) is 0 Å². The highest BCUT2D eigenvalue weighted by atomic mass is 16.9. The van der Waals surface area contributed by atoms with Gasteiger partial charge in [0.05, 0.1) is 0 Å². The lowest BCUT2D eigenvalue weighted by Crippen LogP contribution is -2.57. The molecule has 0 unspecified atom stereocenters. The molecule has 5 atom stereocenters. The van der Waals surface area contributed by atoms with Crippen LogP contribution in [0.1, 0.15) is 38.2 Å². The van der Waals surface area contributed by atoms with Crippen molar-refractivity contribution in [2.24, 2.45) is 0 Å². The van der Waals surface area contributed by atoms with E-state index in [-0.39, 0.29) is 12.3 Å². The molecule has 0 saturated carbocycles. The van der Waals surface area contributed by atoms with Crippen molar-refractivity contribution in [2.45, 2.75) is 70.0 Å². The molecule has 3 aliphatic rings. The standard InChI is InChI=1S/C17H23N2O9/c1-16(2)25-11-9(7-18-14(20)8-5-6-10(23-8)19(21)22)24-15-13(12(11)26-16)27-17(3,4)28-15/h5-6,9,11-13,15,21H,7H2,1-4H3,(H,18,20)/q-1/t9-,11-,12-,13-,15-/m1/s1. The number of nitrogens with zero attached hydrogens (tertiary/aromatic N) is 1. The lowest BCUT2D eigenvalue weighted by molar-refractivity contribution is -0.232. The Morgan fingerprint density at radius 3 is 2.43 bits per heavy atom. The lowest BCUT2D eigenvalue weighted by Gasteiger charge is -2.37. The van der Waals surface area contributed by atoms with Crippen LogP contribution in [0.25, 0.3) is 0 Å². The topological polar surface area (TPSA) is 135 Å². The van der Waals surface area contributed by atoms with Crippen molar-refractivity contribution in [1.82, 2.24) is 5.32 Å². The molecule has 0 spiro atoms. The highest BCUT2D eigenvalue weighted by Gasteiger charge is 2.60. The molecule has 11 nitrogen and oxygen atoms in total. The third-order valence-corrected chi connectivity index (χ3v) is 4.72. The van der Waals surface area contributed by atoms with Crippen LogP contribution in [0.2, 0.25) is 0 Å². The number of carbonyl (C=O) groups is 1. The molecule has 1 aromatic heterocycles. The van der Waals surface area contributed by atoms with Gasteiger partial charge in [0.25, 0.3) is 5.91 Å². The summed E-state index contributed by atoms with van der Waals surface area (Å²) >= 11 is 0. The van der Waals surface area contributed by atoms with E-state index in [1.54, 1.807) is 27.7 Å². The van der Waals surface area contributed by atoms with Gasteiger partial charge in [0.2, 0.25) is 5.88 Å².